The zero-order chi connectivity index (χ0) is 18.7. The number of aliphatic hydroxyl groups is 1. The van der Waals surface area contributed by atoms with Gasteiger partial charge in [0.1, 0.15) is 5.82 Å². The molecule has 0 fully saturated rings. The normalized spacial score (nSPS) is 20.6. The number of thioether (sulfide) groups is 1. The highest BCUT2D eigenvalue weighted by molar-refractivity contribution is 7.99. The summed E-state index contributed by atoms with van der Waals surface area (Å²) in [5, 5.41) is 10.1. The number of aliphatic hydroxyl groups excluding tert-OH is 1. The molecule has 8 heteroatoms. The first-order valence-corrected chi connectivity index (χ1v) is 9.95. The van der Waals surface area contributed by atoms with Crippen LogP contribution in [0.5, 0.6) is 5.75 Å². The summed E-state index contributed by atoms with van der Waals surface area (Å²) in [6, 6.07) is 9.48. The molecule has 2 aromatic carbocycles. The molecule has 3 heterocycles. The topological polar surface area (TPSA) is 47.3 Å². The number of rotatable bonds is 3. The highest BCUT2D eigenvalue weighted by Crippen LogP contribution is 2.53. The van der Waals surface area contributed by atoms with Crippen molar-refractivity contribution in [3.8, 4) is 5.75 Å². The number of fused-ring (bicyclic) bond motifs is 9. The van der Waals surface area contributed by atoms with Gasteiger partial charge in [-0.15, -0.1) is 11.8 Å². The van der Waals surface area contributed by atoms with E-state index in [4.69, 9.17) is 16.6 Å². The minimum atomic E-state index is -3.01. The lowest BCUT2D eigenvalue weighted by atomic mass is 9.95. The molecule has 1 N–H and O–H groups in total. The Morgan fingerprint density at radius 2 is 2.19 bits per heavy atom. The maximum atomic E-state index is 12.9. The van der Waals surface area contributed by atoms with E-state index in [1.807, 2.05) is 24.3 Å². The molecule has 1 aromatic heterocycles. The lowest BCUT2D eigenvalue weighted by Gasteiger charge is -2.24. The molecule has 0 unspecified atom stereocenters. The summed E-state index contributed by atoms with van der Waals surface area (Å²) < 4.78 is 32.7. The van der Waals surface area contributed by atoms with E-state index >= 15 is 0 Å². The number of hydrogen-bond acceptors (Lipinski definition) is 4. The van der Waals surface area contributed by atoms with Gasteiger partial charge >= 0.3 is 6.61 Å². The molecule has 0 aliphatic carbocycles. The monoisotopic (exact) mass is 408 g/mol. The molecule has 0 radical (unpaired) electrons. The first kappa shape index (κ1) is 17.3. The second kappa shape index (κ2) is 6.36. The SMILES string of the molecule is OCc1c(OC(F)F)c(Cl)cc2c1[C@H]1C[C@H](CS2)c2nc3ccccc3n21. The van der Waals surface area contributed by atoms with Crippen molar-refractivity contribution >= 4 is 34.4 Å². The second-order valence-electron chi connectivity index (χ2n) is 6.70. The summed E-state index contributed by atoms with van der Waals surface area (Å²) in [4.78, 5) is 5.71. The highest BCUT2D eigenvalue weighted by atomic mass is 35.5. The Morgan fingerprint density at radius 3 is 2.96 bits per heavy atom. The summed E-state index contributed by atoms with van der Waals surface area (Å²) in [7, 11) is 0. The lowest BCUT2D eigenvalue weighted by molar-refractivity contribution is -0.0510. The van der Waals surface area contributed by atoms with Crippen LogP contribution in [0.25, 0.3) is 11.0 Å². The molecule has 0 saturated carbocycles. The molecular weight excluding hydrogens is 394 g/mol. The number of alkyl halides is 2. The van der Waals surface area contributed by atoms with E-state index in [1.165, 1.54) is 0 Å². The van der Waals surface area contributed by atoms with Crippen molar-refractivity contribution in [2.24, 2.45) is 0 Å². The van der Waals surface area contributed by atoms with E-state index < -0.39 is 13.2 Å². The average molecular weight is 409 g/mol. The fourth-order valence-electron chi connectivity index (χ4n) is 4.27. The Kier molecular flexibility index (Phi) is 4.07. The van der Waals surface area contributed by atoms with Crippen molar-refractivity contribution in [2.75, 3.05) is 5.75 Å². The number of para-hydroxylation sites is 2. The van der Waals surface area contributed by atoms with Gasteiger partial charge in [0.05, 0.1) is 28.7 Å². The summed E-state index contributed by atoms with van der Waals surface area (Å²) in [5.41, 5.74) is 3.07. The van der Waals surface area contributed by atoms with Gasteiger partial charge in [0, 0.05) is 22.1 Å². The maximum Gasteiger partial charge on any atom is 0.387 e. The molecule has 2 aliphatic rings. The third-order valence-electron chi connectivity index (χ3n) is 5.29. The quantitative estimate of drug-likeness (QED) is 0.665. The smallest absolute Gasteiger partial charge is 0.387 e. The number of hydrogen-bond donors (Lipinski definition) is 1. The van der Waals surface area contributed by atoms with Crippen LogP contribution in [0.4, 0.5) is 8.78 Å². The first-order chi connectivity index (χ1) is 13.1. The van der Waals surface area contributed by atoms with Gasteiger partial charge in [0.15, 0.2) is 5.75 Å². The average Bonchev–Trinajstić information content (AvgIpc) is 3.12. The van der Waals surface area contributed by atoms with Crippen molar-refractivity contribution in [2.45, 2.75) is 36.5 Å². The van der Waals surface area contributed by atoms with Gasteiger partial charge in [0.2, 0.25) is 0 Å². The molecule has 27 heavy (non-hydrogen) atoms. The zero-order valence-corrected chi connectivity index (χ0v) is 15.6. The summed E-state index contributed by atoms with van der Waals surface area (Å²) in [5.74, 6) is 1.95. The van der Waals surface area contributed by atoms with Crippen LogP contribution in [-0.2, 0) is 6.61 Å². The predicted molar refractivity (Wildman–Crippen MR) is 100.0 cm³/mol. The maximum absolute atomic E-state index is 12.9. The lowest BCUT2D eigenvalue weighted by Crippen LogP contribution is -2.13. The molecular formula is C19H15ClF2N2O2S. The van der Waals surface area contributed by atoms with Gasteiger partial charge in [0.25, 0.3) is 0 Å². The molecule has 2 bridgehead atoms. The van der Waals surface area contributed by atoms with Crippen LogP contribution in [0.3, 0.4) is 0 Å². The van der Waals surface area contributed by atoms with Gasteiger partial charge in [-0.25, -0.2) is 4.98 Å². The van der Waals surface area contributed by atoms with Crippen LogP contribution in [0.15, 0.2) is 35.2 Å². The number of nitrogens with zero attached hydrogens (tertiary/aromatic N) is 2. The standard InChI is InChI=1S/C19H15ClF2N2O2S/c20-11-6-15-16(10(7-25)17(11)26-19(21)22)14-5-9(8-27-15)18-23-12-3-1-2-4-13(12)24(14)18/h1-4,6,9,14,19,25H,5,7-8H2/t9-,14-/m1/s1. The molecule has 5 rings (SSSR count). The Hall–Kier alpha value is -1.83. The van der Waals surface area contributed by atoms with Gasteiger partial charge in [-0.1, -0.05) is 23.7 Å². The van der Waals surface area contributed by atoms with Crippen molar-refractivity contribution < 1.29 is 18.6 Å². The van der Waals surface area contributed by atoms with Gasteiger partial charge < -0.3 is 14.4 Å². The summed E-state index contributed by atoms with van der Waals surface area (Å²) >= 11 is 7.84. The third-order valence-corrected chi connectivity index (χ3v) is 6.78. The number of halogens is 3. The number of imidazole rings is 1. The predicted octanol–water partition coefficient (Wildman–Crippen LogP) is 4.97. The molecule has 4 nitrogen and oxygen atoms in total. The Balaban J connectivity index is 1.78. The first-order valence-electron chi connectivity index (χ1n) is 8.59. The minimum Gasteiger partial charge on any atom is -0.433 e. The van der Waals surface area contributed by atoms with Crippen LogP contribution in [0, 0.1) is 0 Å². The molecule has 0 spiro atoms. The largest absolute Gasteiger partial charge is 0.433 e. The molecule has 0 saturated heterocycles. The second-order valence-corrected chi connectivity index (χ2v) is 8.17. The van der Waals surface area contributed by atoms with Crippen LogP contribution >= 0.6 is 23.4 Å². The van der Waals surface area contributed by atoms with Crippen LogP contribution < -0.4 is 4.74 Å². The van der Waals surface area contributed by atoms with E-state index in [0.717, 1.165) is 39.5 Å². The fraction of sp³-hybridized carbons (Fsp3) is 0.316. The number of aromatic nitrogens is 2. The van der Waals surface area contributed by atoms with Gasteiger partial charge in [-0.2, -0.15) is 8.78 Å². The zero-order valence-electron chi connectivity index (χ0n) is 14.0. The molecule has 2 aliphatic heterocycles. The molecule has 0 amide bonds. The number of benzene rings is 2. The Labute approximate surface area is 163 Å². The summed E-state index contributed by atoms with van der Waals surface area (Å²) in [6.45, 7) is -3.43. The van der Waals surface area contributed by atoms with E-state index in [1.54, 1.807) is 17.8 Å². The van der Waals surface area contributed by atoms with Crippen molar-refractivity contribution in [1.29, 1.82) is 0 Å². The van der Waals surface area contributed by atoms with Crippen LogP contribution in [0.1, 0.15) is 35.3 Å². The third kappa shape index (κ3) is 2.56. The van der Waals surface area contributed by atoms with E-state index in [9.17, 15) is 13.9 Å². The van der Waals surface area contributed by atoms with E-state index in [0.29, 0.717) is 5.56 Å². The van der Waals surface area contributed by atoms with Crippen molar-refractivity contribution in [1.82, 2.24) is 9.55 Å². The van der Waals surface area contributed by atoms with Gasteiger partial charge in [-0.3, -0.25) is 0 Å². The Bertz CT molecular complexity index is 1060. The van der Waals surface area contributed by atoms with Crippen molar-refractivity contribution in [3.05, 3.63) is 52.3 Å². The van der Waals surface area contributed by atoms with E-state index in [2.05, 4.69) is 9.30 Å². The molecule has 3 aromatic rings. The minimum absolute atomic E-state index is 0.0955. The van der Waals surface area contributed by atoms with Gasteiger partial charge in [-0.05, 0) is 30.2 Å². The summed E-state index contributed by atoms with van der Waals surface area (Å²) in [6.07, 6.45) is 0.815. The Morgan fingerprint density at radius 1 is 1.37 bits per heavy atom. The fourth-order valence-corrected chi connectivity index (χ4v) is 5.88. The highest BCUT2D eigenvalue weighted by Gasteiger charge is 2.40. The molecule has 140 valence electrons. The number of ether oxygens (including phenoxy) is 1. The van der Waals surface area contributed by atoms with E-state index in [-0.39, 0.29) is 22.7 Å². The van der Waals surface area contributed by atoms with Crippen molar-refractivity contribution in [3.63, 3.8) is 0 Å². The van der Waals surface area contributed by atoms with Crippen LogP contribution in [-0.4, -0.2) is 27.0 Å². The molecule has 2 atom stereocenters. The van der Waals surface area contributed by atoms with Crippen LogP contribution in [0.2, 0.25) is 5.02 Å².